The Morgan fingerprint density at radius 2 is 1.76 bits per heavy atom. The van der Waals surface area contributed by atoms with Crippen LogP contribution >= 0.6 is 0 Å². The molecule has 2 aromatic rings. The summed E-state index contributed by atoms with van der Waals surface area (Å²) in [6.45, 7) is 7.74. The zero-order valence-corrected chi connectivity index (χ0v) is 20.3. The number of carbonyl (C=O) groups is 2. The molecule has 1 N–H and O–H groups in total. The van der Waals surface area contributed by atoms with Gasteiger partial charge < -0.3 is 19.5 Å². The van der Waals surface area contributed by atoms with Crippen LogP contribution in [0.25, 0.3) is 11.0 Å². The zero-order valence-electron chi connectivity index (χ0n) is 20.3. The van der Waals surface area contributed by atoms with Crippen LogP contribution in [0.15, 0.2) is 12.1 Å². The number of aliphatic hydroxyl groups excluding tert-OH is 1. The number of fused-ring (bicyclic) bond motifs is 1. The Morgan fingerprint density at radius 3 is 2.36 bits per heavy atom. The second-order valence-corrected chi connectivity index (χ2v) is 11.2. The summed E-state index contributed by atoms with van der Waals surface area (Å²) in [5.74, 6) is 0.858. The molecule has 33 heavy (non-hydrogen) atoms. The van der Waals surface area contributed by atoms with Gasteiger partial charge in [0.15, 0.2) is 5.82 Å². The number of hydrogen-bond donors (Lipinski definition) is 1. The van der Waals surface area contributed by atoms with Gasteiger partial charge in [0, 0.05) is 26.2 Å². The van der Waals surface area contributed by atoms with E-state index in [4.69, 9.17) is 4.98 Å². The Morgan fingerprint density at radius 1 is 1.06 bits per heavy atom. The molecular weight excluding hydrogens is 416 g/mol. The van der Waals surface area contributed by atoms with E-state index in [0.29, 0.717) is 24.8 Å². The molecule has 1 saturated heterocycles. The maximum atomic E-state index is 13.5. The molecule has 1 aromatic carbocycles. The van der Waals surface area contributed by atoms with E-state index in [0.717, 1.165) is 36.7 Å². The molecule has 2 saturated carbocycles. The first-order valence-electron chi connectivity index (χ1n) is 12.4. The van der Waals surface area contributed by atoms with Gasteiger partial charge in [0.1, 0.15) is 6.54 Å². The van der Waals surface area contributed by atoms with Crippen molar-refractivity contribution in [1.82, 2.24) is 19.4 Å². The maximum absolute atomic E-state index is 13.5. The molecule has 0 unspecified atom stereocenters. The number of aromatic nitrogens is 2. The molecule has 1 aromatic heterocycles. The lowest BCUT2D eigenvalue weighted by molar-refractivity contribution is -0.138. The molecule has 7 heteroatoms. The van der Waals surface area contributed by atoms with Gasteiger partial charge in [-0.05, 0) is 67.1 Å². The Labute approximate surface area is 195 Å². The van der Waals surface area contributed by atoms with Crippen LogP contribution in [0.4, 0.5) is 0 Å². The van der Waals surface area contributed by atoms with Crippen molar-refractivity contribution in [2.75, 3.05) is 19.6 Å². The molecule has 2 aliphatic carbocycles. The number of aryl methyl sites for hydroxylation is 1. The van der Waals surface area contributed by atoms with Crippen molar-refractivity contribution in [3.8, 4) is 0 Å². The highest BCUT2D eigenvalue weighted by atomic mass is 16.3. The van der Waals surface area contributed by atoms with E-state index in [2.05, 4.69) is 32.9 Å². The highest BCUT2D eigenvalue weighted by Crippen LogP contribution is 2.43. The van der Waals surface area contributed by atoms with Gasteiger partial charge in [-0.15, -0.1) is 0 Å². The number of benzene rings is 1. The number of carbonyl (C=O) groups excluding carboxylic acids is 2. The smallest absolute Gasteiger partial charge is 0.290 e. The molecule has 2 heterocycles. The second kappa shape index (κ2) is 8.12. The summed E-state index contributed by atoms with van der Waals surface area (Å²) < 4.78 is 1.91. The number of amides is 2. The van der Waals surface area contributed by atoms with E-state index in [1.807, 2.05) is 16.5 Å². The van der Waals surface area contributed by atoms with Gasteiger partial charge in [-0.1, -0.05) is 26.8 Å². The Hall–Kier alpha value is -2.41. The monoisotopic (exact) mass is 452 g/mol. The number of imidazole rings is 1. The van der Waals surface area contributed by atoms with Crippen molar-refractivity contribution in [1.29, 1.82) is 0 Å². The topological polar surface area (TPSA) is 78.7 Å². The SMILES string of the molecule is Cn1c(C(=O)N2CCN([C@H]3CC[C@H](O)CC3)C(=O)C2)nc2c(C(C)(C)C)cc(C3CC3)cc21. The molecular formula is C26H36N4O3. The van der Waals surface area contributed by atoms with E-state index < -0.39 is 0 Å². The summed E-state index contributed by atoms with van der Waals surface area (Å²) >= 11 is 0. The molecule has 1 aliphatic heterocycles. The average Bonchev–Trinajstić information content (AvgIpc) is 3.57. The normalized spacial score (nSPS) is 24.6. The van der Waals surface area contributed by atoms with Crippen molar-refractivity contribution < 1.29 is 14.7 Å². The van der Waals surface area contributed by atoms with Crippen molar-refractivity contribution >= 4 is 22.8 Å². The lowest BCUT2D eigenvalue weighted by atomic mass is 9.84. The molecule has 5 rings (SSSR count). The van der Waals surface area contributed by atoms with Gasteiger partial charge in [-0.2, -0.15) is 0 Å². The van der Waals surface area contributed by atoms with E-state index in [1.54, 1.807) is 4.90 Å². The van der Waals surface area contributed by atoms with E-state index >= 15 is 0 Å². The molecule has 0 bridgehead atoms. The molecule has 0 spiro atoms. The van der Waals surface area contributed by atoms with Crippen LogP contribution in [-0.4, -0.2) is 68.1 Å². The van der Waals surface area contributed by atoms with Crippen LogP contribution in [0.2, 0.25) is 0 Å². The van der Waals surface area contributed by atoms with E-state index in [1.165, 1.54) is 24.0 Å². The summed E-state index contributed by atoms with van der Waals surface area (Å²) in [4.78, 5) is 34.8. The average molecular weight is 453 g/mol. The molecule has 3 aliphatic rings. The van der Waals surface area contributed by atoms with E-state index in [-0.39, 0.29) is 35.9 Å². The molecule has 0 radical (unpaired) electrons. The summed E-state index contributed by atoms with van der Waals surface area (Å²) in [6, 6.07) is 4.67. The molecule has 7 nitrogen and oxygen atoms in total. The number of aliphatic hydroxyl groups is 1. The molecule has 0 atom stereocenters. The predicted octanol–water partition coefficient (Wildman–Crippen LogP) is 3.34. The molecule has 2 amide bonds. The third kappa shape index (κ3) is 4.16. The van der Waals surface area contributed by atoms with Crippen LogP contribution in [0, 0.1) is 0 Å². The minimum absolute atomic E-state index is 0.00107. The third-order valence-electron chi connectivity index (χ3n) is 7.71. The van der Waals surface area contributed by atoms with Crippen molar-refractivity contribution in [2.24, 2.45) is 7.05 Å². The number of rotatable bonds is 3. The minimum Gasteiger partial charge on any atom is -0.393 e. The predicted molar refractivity (Wildman–Crippen MR) is 127 cm³/mol. The zero-order chi connectivity index (χ0) is 23.5. The van der Waals surface area contributed by atoms with Gasteiger partial charge in [0.2, 0.25) is 5.91 Å². The lowest BCUT2D eigenvalue weighted by Crippen LogP contribution is -2.56. The fourth-order valence-corrected chi connectivity index (χ4v) is 5.48. The van der Waals surface area contributed by atoms with Crippen LogP contribution in [-0.2, 0) is 17.3 Å². The molecule has 178 valence electrons. The van der Waals surface area contributed by atoms with Crippen LogP contribution in [0.1, 0.15) is 87.0 Å². The van der Waals surface area contributed by atoms with E-state index in [9.17, 15) is 14.7 Å². The van der Waals surface area contributed by atoms with Gasteiger partial charge in [-0.3, -0.25) is 9.59 Å². The summed E-state index contributed by atoms with van der Waals surface area (Å²) in [6.07, 6.45) is 5.38. The lowest BCUT2D eigenvalue weighted by Gasteiger charge is -2.41. The highest BCUT2D eigenvalue weighted by Gasteiger charge is 2.35. The van der Waals surface area contributed by atoms with Gasteiger partial charge in [0.25, 0.3) is 5.91 Å². The van der Waals surface area contributed by atoms with Crippen molar-refractivity contribution in [3.05, 3.63) is 29.1 Å². The summed E-state index contributed by atoms with van der Waals surface area (Å²) in [7, 11) is 1.91. The Bertz CT molecular complexity index is 1090. The minimum atomic E-state index is -0.241. The Balaban J connectivity index is 1.40. The first-order valence-corrected chi connectivity index (χ1v) is 12.4. The number of hydrogen-bond acceptors (Lipinski definition) is 4. The van der Waals surface area contributed by atoms with Crippen LogP contribution < -0.4 is 0 Å². The largest absolute Gasteiger partial charge is 0.393 e. The van der Waals surface area contributed by atoms with Gasteiger partial charge in [-0.25, -0.2) is 4.98 Å². The van der Waals surface area contributed by atoms with Gasteiger partial charge in [0.05, 0.1) is 17.1 Å². The van der Waals surface area contributed by atoms with Crippen molar-refractivity contribution in [3.63, 3.8) is 0 Å². The quantitative estimate of drug-likeness (QED) is 0.775. The van der Waals surface area contributed by atoms with Gasteiger partial charge >= 0.3 is 0 Å². The fraction of sp³-hybridized carbons (Fsp3) is 0.654. The standard InChI is InChI=1S/C26H36N4O3/c1-26(2,3)20-13-17(16-5-6-16)14-21-23(20)27-24(28(21)4)25(33)29-11-12-30(22(32)15-29)18-7-9-19(31)10-8-18/h13-14,16,18-19,31H,5-12,15H2,1-4H3/t18-,19-. The Kier molecular flexibility index (Phi) is 5.51. The number of nitrogens with zero attached hydrogens (tertiary/aromatic N) is 4. The fourth-order valence-electron chi connectivity index (χ4n) is 5.48. The van der Waals surface area contributed by atoms with Crippen LogP contribution in [0.5, 0.6) is 0 Å². The third-order valence-corrected chi connectivity index (χ3v) is 7.71. The second-order valence-electron chi connectivity index (χ2n) is 11.2. The van der Waals surface area contributed by atoms with Crippen molar-refractivity contribution in [2.45, 2.75) is 82.8 Å². The number of piperazine rings is 1. The maximum Gasteiger partial charge on any atom is 0.290 e. The first-order chi connectivity index (χ1) is 15.6. The highest BCUT2D eigenvalue weighted by molar-refractivity contribution is 5.98. The van der Waals surface area contributed by atoms with Crippen LogP contribution in [0.3, 0.4) is 0 Å². The first kappa shape index (κ1) is 22.4. The summed E-state index contributed by atoms with van der Waals surface area (Å²) in [5, 5.41) is 9.77. The summed E-state index contributed by atoms with van der Waals surface area (Å²) in [5.41, 5.74) is 4.34. The molecule has 3 fully saturated rings.